The molecule has 23 N–H and O–H groups in total. The van der Waals surface area contributed by atoms with Crippen LogP contribution in [0.15, 0.2) is 70.6 Å². The van der Waals surface area contributed by atoms with Crippen molar-refractivity contribution in [3.05, 3.63) is 71.8 Å². The molecule has 2 aromatic rings. The number of rotatable bonds is 46. The van der Waals surface area contributed by atoms with E-state index in [1.165, 1.54) is 6.92 Å². The minimum atomic E-state index is -1.95. The zero-order chi connectivity index (χ0) is 70.3. The Morgan fingerprint density at radius 1 is 0.394 bits per heavy atom. The first-order valence-electron chi connectivity index (χ1n) is 30.7. The van der Waals surface area contributed by atoms with Gasteiger partial charge in [0.2, 0.25) is 59.1 Å². The summed E-state index contributed by atoms with van der Waals surface area (Å²) in [4.78, 5) is 180. The SMILES string of the molecule is CCCCCCCCCC(=O)N[C@@H](CCCN=C(N)N)C(=O)N[C@@H](Cc1ccccc1)C(=O)N[C@@H](CC(=O)O)C(=O)N[C@@H](CO)C(=O)N[C@@H](C)C(=O)N[C@@H](C)C(=O)N[C@@H](CCCN=C(N)N)C(=O)N[C@@H](Cc1ccccc1)C(=O)N[C@@H](CC(=O)O)C(=O)N[C@@H](CO)C(=O)O. The van der Waals surface area contributed by atoms with E-state index in [0.29, 0.717) is 17.5 Å². The molecule has 94 heavy (non-hydrogen) atoms. The molecular weight excluding hydrogens is 1230 g/mol. The highest BCUT2D eigenvalue weighted by molar-refractivity contribution is 6.00. The number of amides is 10. The maximum Gasteiger partial charge on any atom is 0.328 e. The number of carboxylic acids is 3. The van der Waals surface area contributed by atoms with Gasteiger partial charge in [-0.15, -0.1) is 0 Å². The average molecular weight is 1330 g/mol. The van der Waals surface area contributed by atoms with E-state index in [2.05, 4.69) is 64.8 Å². The van der Waals surface area contributed by atoms with Gasteiger partial charge in [0.05, 0.1) is 26.1 Å². The number of aliphatic carboxylic acids is 3. The van der Waals surface area contributed by atoms with Crippen LogP contribution in [0.25, 0.3) is 0 Å². The lowest BCUT2D eigenvalue weighted by Crippen LogP contribution is -2.61. The van der Waals surface area contributed by atoms with E-state index in [1.54, 1.807) is 60.7 Å². The standard InChI is InChI=1S/C60H92N16O18/c1-4-5-6-7-8-9-16-25-46(79)69-38(23-17-26-65-59(61)62)51(86)71-40(28-36-19-12-10-13-20-36)53(88)73-42(30-47(80)81)55(90)75-44(32-77)57(92)68-34(2)49(84)67-35(3)50(85)70-39(24-18-27-66-60(63)64)52(87)72-41(29-37-21-14-11-15-22-37)54(89)74-43(31-48(82)83)56(91)76-45(33-78)58(93)94/h10-15,19-22,34-35,38-45,77-78H,4-9,16-18,23-33H2,1-3H3,(H,67,84)(H,68,92)(H,69,79)(H,70,85)(H,71,86)(H,72,87)(H,73,88)(H,74,89)(H,75,90)(H,76,91)(H,80,81)(H,82,83)(H,93,94)(H4,61,62,65)(H4,63,64,66)/t34-,35-,38-,39-,40-,41-,42-,43-,44-,45-/m0/s1. The van der Waals surface area contributed by atoms with Crippen LogP contribution in [0.2, 0.25) is 0 Å². The zero-order valence-electron chi connectivity index (χ0n) is 52.9. The fraction of sp³-hybridized carbons (Fsp3) is 0.550. The van der Waals surface area contributed by atoms with Crippen LogP contribution in [0.4, 0.5) is 0 Å². The number of benzene rings is 2. The quantitative estimate of drug-likeness (QED) is 0.0169. The topological polar surface area (TPSA) is 572 Å². The van der Waals surface area contributed by atoms with Crippen molar-refractivity contribution in [3.63, 3.8) is 0 Å². The van der Waals surface area contributed by atoms with E-state index < -0.39 is 163 Å². The summed E-state index contributed by atoms with van der Waals surface area (Å²) in [5.41, 5.74) is 22.8. The molecule has 2 rings (SSSR count). The van der Waals surface area contributed by atoms with Gasteiger partial charge in [-0.3, -0.25) is 67.5 Å². The van der Waals surface area contributed by atoms with E-state index in [4.69, 9.17) is 22.9 Å². The average Bonchev–Trinajstić information content (AvgIpc) is 0.986. The molecule has 10 amide bonds. The first-order chi connectivity index (χ1) is 44.6. The summed E-state index contributed by atoms with van der Waals surface area (Å²) in [6.45, 7) is 2.25. The van der Waals surface area contributed by atoms with Crippen LogP contribution >= 0.6 is 0 Å². The third-order valence-corrected chi connectivity index (χ3v) is 14.2. The molecule has 0 saturated carbocycles. The summed E-state index contributed by atoms with van der Waals surface area (Å²) in [5.74, 6) is -15.6. The molecule has 0 fully saturated rings. The number of aliphatic hydroxyl groups excluding tert-OH is 2. The Labute approximate surface area is 543 Å². The van der Waals surface area contributed by atoms with Crippen LogP contribution in [-0.4, -0.2) is 201 Å². The van der Waals surface area contributed by atoms with Crippen molar-refractivity contribution in [2.45, 2.75) is 184 Å². The van der Waals surface area contributed by atoms with Gasteiger partial charge in [-0.2, -0.15) is 0 Å². The number of carbonyl (C=O) groups is 13. The predicted molar refractivity (Wildman–Crippen MR) is 340 cm³/mol. The first-order valence-corrected chi connectivity index (χ1v) is 30.7. The normalized spacial score (nSPS) is 14.0. The molecular formula is C60H92N16O18. The summed E-state index contributed by atoms with van der Waals surface area (Å²) in [6, 6.07) is -0.238. The van der Waals surface area contributed by atoms with Crippen LogP contribution in [0, 0.1) is 0 Å². The molecule has 0 aliphatic rings. The second-order valence-corrected chi connectivity index (χ2v) is 22.1. The number of carbonyl (C=O) groups excluding carboxylic acids is 10. The summed E-state index contributed by atoms with van der Waals surface area (Å²) in [6.07, 6.45) is 4.16. The number of nitrogens with zero attached hydrogens (tertiary/aromatic N) is 2. The van der Waals surface area contributed by atoms with Crippen LogP contribution in [-0.2, 0) is 75.2 Å². The maximum atomic E-state index is 14.2. The van der Waals surface area contributed by atoms with E-state index in [0.717, 1.165) is 45.4 Å². The Morgan fingerprint density at radius 2 is 0.723 bits per heavy atom. The Morgan fingerprint density at radius 3 is 1.13 bits per heavy atom. The molecule has 0 heterocycles. The Balaban J connectivity index is 2.31. The molecule has 0 aromatic heterocycles. The third kappa shape index (κ3) is 32.3. The number of hydrogen-bond donors (Lipinski definition) is 19. The van der Waals surface area contributed by atoms with E-state index in [9.17, 15) is 87.9 Å². The van der Waals surface area contributed by atoms with Crippen molar-refractivity contribution in [2.24, 2.45) is 32.9 Å². The van der Waals surface area contributed by atoms with Gasteiger partial charge in [-0.1, -0.05) is 106 Å². The van der Waals surface area contributed by atoms with Gasteiger partial charge in [0.25, 0.3) is 0 Å². The molecule has 10 atom stereocenters. The zero-order valence-corrected chi connectivity index (χ0v) is 52.9. The summed E-state index contributed by atoms with van der Waals surface area (Å²) < 4.78 is 0. The maximum absolute atomic E-state index is 14.2. The first kappa shape index (κ1) is 80.1. The van der Waals surface area contributed by atoms with Crippen LogP contribution < -0.4 is 76.1 Å². The lowest BCUT2D eigenvalue weighted by atomic mass is 10.0. The highest BCUT2D eigenvalue weighted by Gasteiger charge is 2.36. The monoisotopic (exact) mass is 1320 g/mol. The molecule has 520 valence electrons. The number of nitrogens with two attached hydrogens (primary N) is 4. The number of hydrogen-bond acceptors (Lipinski definition) is 17. The summed E-state index contributed by atoms with van der Waals surface area (Å²) >= 11 is 0. The Hall–Kier alpha value is -9.99. The number of unbranched alkanes of at least 4 members (excludes halogenated alkanes) is 6. The molecule has 0 unspecified atom stereocenters. The van der Waals surface area contributed by atoms with Crippen LogP contribution in [0.5, 0.6) is 0 Å². The lowest BCUT2D eigenvalue weighted by Gasteiger charge is -2.27. The minimum absolute atomic E-state index is 0.0251. The van der Waals surface area contributed by atoms with Crippen molar-refractivity contribution in [3.8, 4) is 0 Å². The van der Waals surface area contributed by atoms with E-state index in [1.807, 2.05) is 5.32 Å². The summed E-state index contributed by atoms with van der Waals surface area (Å²) in [5, 5.41) is 71.9. The number of guanidine groups is 2. The van der Waals surface area contributed by atoms with Crippen molar-refractivity contribution in [1.29, 1.82) is 0 Å². The molecule has 2 aromatic carbocycles. The molecule has 34 nitrogen and oxygen atoms in total. The fourth-order valence-electron chi connectivity index (χ4n) is 9.03. The second kappa shape index (κ2) is 43.7. The van der Waals surface area contributed by atoms with Gasteiger partial charge < -0.3 is 102 Å². The Bertz CT molecular complexity index is 2900. The smallest absolute Gasteiger partial charge is 0.328 e. The van der Waals surface area contributed by atoms with Crippen molar-refractivity contribution in [2.75, 3.05) is 26.3 Å². The molecule has 0 aliphatic heterocycles. The van der Waals surface area contributed by atoms with Crippen LogP contribution in [0.1, 0.15) is 122 Å². The molecule has 0 radical (unpaired) electrons. The molecule has 0 aliphatic carbocycles. The number of carboxylic acid groups (broad SMARTS) is 3. The fourth-order valence-corrected chi connectivity index (χ4v) is 9.03. The van der Waals surface area contributed by atoms with E-state index >= 15 is 0 Å². The van der Waals surface area contributed by atoms with Crippen molar-refractivity contribution < 1.29 is 87.9 Å². The van der Waals surface area contributed by atoms with Crippen LogP contribution in [0.3, 0.4) is 0 Å². The van der Waals surface area contributed by atoms with Gasteiger partial charge in [-0.05, 0) is 57.1 Å². The van der Waals surface area contributed by atoms with Gasteiger partial charge >= 0.3 is 17.9 Å². The Kier molecular flexibility index (Phi) is 37.3. The van der Waals surface area contributed by atoms with Crippen molar-refractivity contribution in [1.82, 2.24) is 53.2 Å². The number of aliphatic hydroxyl groups is 2. The van der Waals surface area contributed by atoms with Gasteiger partial charge in [0.15, 0.2) is 11.9 Å². The highest BCUT2D eigenvalue weighted by atomic mass is 16.4. The number of aliphatic imine (C=N–C) groups is 2. The summed E-state index contributed by atoms with van der Waals surface area (Å²) in [7, 11) is 0. The molecule has 0 spiro atoms. The molecule has 0 saturated heterocycles. The van der Waals surface area contributed by atoms with E-state index in [-0.39, 0.29) is 70.0 Å². The third-order valence-electron chi connectivity index (χ3n) is 14.2. The molecule has 0 bridgehead atoms. The van der Waals surface area contributed by atoms with Gasteiger partial charge in [0, 0.05) is 32.4 Å². The highest BCUT2D eigenvalue weighted by Crippen LogP contribution is 2.12. The largest absolute Gasteiger partial charge is 0.481 e. The minimum Gasteiger partial charge on any atom is -0.481 e. The molecule has 34 heteroatoms. The second-order valence-electron chi connectivity index (χ2n) is 22.1. The van der Waals surface area contributed by atoms with Gasteiger partial charge in [0.1, 0.15) is 60.4 Å². The number of nitrogens with one attached hydrogen (secondary N) is 10. The van der Waals surface area contributed by atoms with Gasteiger partial charge in [-0.25, -0.2) is 4.79 Å². The lowest BCUT2D eigenvalue weighted by molar-refractivity contribution is -0.144. The predicted octanol–water partition coefficient (Wildman–Crippen LogP) is -4.37. The van der Waals surface area contributed by atoms with Crippen molar-refractivity contribution >= 4 is 88.9 Å².